The van der Waals surface area contributed by atoms with Crippen molar-refractivity contribution in [3.05, 3.63) is 60.2 Å². The number of benzene rings is 2. The van der Waals surface area contributed by atoms with Crippen LogP contribution >= 0.6 is 12.2 Å². The molecule has 20 heavy (non-hydrogen) atoms. The second-order valence-electron chi connectivity index (χ2n) is 3.97. The topological polar surface area (TPSA) is 45.6 Å². The molecular formula is C15H15N3OS. The number of para-hydroxylation sites is 1. The first kappa shape index (κ1) is 14.0. The molecule has 2 aromatic rings. The molecular weight excluding hydrogens is 270 g/mol. The molecule has 0 fully saturated rings. The Labute approximate surface area is 123 Å². The van der Waals surface area contributed by atoms with Gasteiger partial charge in [0.25, 0.3) is 0 Å². The van der Waals surface area contributed by atoms with Crippen LogP contribution in [0.3, 0.4) is 0 Å². The summed E-state index contributed by atoms with van der Waals surface area (Å²) < 4.78 is 5.14. The highest BCUT2D eigenvalue weighted by Crippen LogP contribution is 2.10. The molecule has 0 saturated carbocycles. The first-order valence-corrected chi connectivity index (χ1v) is 6.48. The Morgan fingerprint density at radius 1 is 1.15 bits per heavy atom. The Bertz CT molecular complexity index is 599. The van der Waals surface area contributed by atoms with Gasteiger partial charge in [-0.05, 0) is 42.0 Å². The fourth-order valence-corrected chi connectivity index (χ4v) is 1.74. The molecule has 0 aliphatic heterocycles. The zero-order valence-electron chi connectivity index (χ0n) is 11.0. The van der Waals surface area contributed by atoms with Crippen molar-refractivity contribution in [2.75, 3.05) is 12.4 Å². The van der Waals surface area contributed by atoms with E-state index in [0.717, 1.165) is 17.0 Å². The van der Waals surface area contributed by atoms with Gasteiger partial charge in [0.1, 0.15) is 5.75 Å². The maximum Gasteiger partial charge on any atom is 0.191 e. The molecule has 0 amide bonds. The number of hydrazone groups is 1. The fraction of sp³-hybridized carbons (Fsp3) is 0.0667. The zero-order valence-corrected chi connectivity index (χ0v) is 11.9. The monoisotopic (exact) mass is 285 g/mol. The Hall–Kier alpha value is -2.40. The zero-order chi connectivity index (χ0) is 14.2. The highest BCUT2D eigenvalue weighted by atomic mass is 32.1. The largest absolute Gasteiger partial charge is 0.497 e. The van der Waals surface area contributed by atoms with E-state index in [4.69, 9.17) is 17.0 Å². The smallest absolute Gasteiger partial charge is 0.191 e. The summed E-state index contributed by atoms with van der Waals surface area (Å²) in [6.07, 6.45) is 1.68. The van der Waals surface area contributed by atoms with E-state index in [-0.39, 0.29) is 0 Å². The molecule has 0 radical (unpaired) electrons. The number of methoxy groups -OCH3 is 1. The third kappa shape index (κ3) is 4.37. The number of thiocarbonyl (C=S) groups is 1. The van der Waals surface area contributed by atoms with Crippen molar-refractivity contribution in [2.45, 2.75) is 0 Å². The normalized spacial score (nSPS) is 10.2. The minimum Gasteiger partial charge on any atom is -0.497 e. The Morgan fingerprint density at radius 2 is 1.95 bits per heavy atom. The molecule has 0 saturated heterocycles. The number of anilines is 1. The van der Waals surface area contributed by atoms with E-state index >= 15 is 0 Å². The Balaban J connectivity index is 1.88. The van der Waals surface area contributed by atoms with E-state index in [0.29, 0.717) is 5.11 Å². The van der Waals surface area contributed by atoms with Gasteiger partial charge in [-0.25, -0.2) is 0 Å². The van der Waals surface area contributed by atoms with Gasteiger partial charge in [0.05, 0.1) is 13.3 Å². The van der Waals surface area contributed by atoms with E-state index in [2.05, 4.69) is 15.8 Å². The lowest BCUT2D eigenvalue weighted by Crippen LogP contribution is -2.23. The minimum absolute atomic E-state index is 0.440. The number of hydrogen-bond acceptors (Lipinski definition) is 3. The van der Waals surface area contributed by atoms with E-state index in [9.17, 15) is 0 Å². The standard InChI is InChI=1S/C15H15N3OS/c1-19-14-9-5-6-12(10-14)11-16-18-15(20)17-13-7-3-2-4-8-13/h2-11H,1H3,(H2,17,18,20). The van der Waals surface area contributed by atoms with Crippen molar-refractivity contribution >= 4 is 29.2 Å². The predicted octanol–water partition coefficient (Wildman–Crippen LogP) is 3.02. The lowest BCUT2D eigenvalue weighted by atomic mass is 10.2. The van der Waals surface area contributed by atoms with Gasteiger partial charge < -0.3 is 10.1 Å². The van der Waals surface area contributed by atoms with Crippen LogP contribution in [0.25, 0.3) is 0 Å². The highest BCUT2D eigenvalue weighted by Gasteiger charge is 1.95. The molecule has 0 spiro atoms. The third-order valence-corrected chi connectivity index (χ3v) is 2.70. The molecule has 0 atom stereocenters. The molecule has 2 N–H and O–H groups in total. The molecule has 0 bridgehead atoms. The van der Waals surface area contributed by atoms with E-state index in [1.54, 1.807) is 13.3 Å². The molecule has 5 heteroatoms. The van der Waals surface area contributed by atoms with Gasteiger partial charge in [0.2, 0.25) is 0 Å². The summed E-state index contributed by atoms with van der Waals surface area (Å²) in [5, 5.41) is 7.55. The molecule has 0 aliphatic carbocycles. The maximum absolute atomic E-state index is 5.14. The molecule has 0 aromatic heterocycles. The summed E-state index contributed by atoms with van der Waals surface area (Å²) in [5.74, 6) is 0.791. The number of hydrogen-bond donors (Lipinski definition) is 2. The van der Waals surface area contributed by atoms with E-state index in [1.165, 1.54) is 0 Å². The summed E-state index contributed by atoms with van der Waals surface area (Å²) in [4.78, 5) is 0. The van der Waals surface area contributed by atoms with Crippen LogP contribution < -0.4 is 15.5 Å². The van der Waals surface area contributed by atoms with Crippen molar-refractivity contribution in [1.29, 1.82) is 0 Å². The summed E-state index contributed by atoms with van der Waals surface area (Å²) in [6.45, 7) is 0. The van der Waals surface area contributed by atoms with Gasteiger partial charge in [-0.3, -0.25) is 5.43 Å². The van der Waals surface area contributed by atoms with Crippen LogP contribution in [-0.2, 0) is 0 Å². The van der Waals surface area contributed by atoms with Crippen LogP contribution in [0.4, 0.5) is 5.69 Å². The summed E-state index contributed by atoms with van der Waals surface area (Å²) in [5.41, 5.74) is 4.61. The predicted molar refractivity (Wildman–Crippen MR) is 86.4 cm³/mol. The minimum atomic E-state index is 0.440. The fourth-order valence-electron chi connectivity index (χ4n) is 1.57. The van der Waals surface area contributed by atoms with Gasteiger partial charge in [-0.2, -0.15) is 5.10 Å². The van der Waals surface area contributed by atoms with Gasteiger partial charge >= 0.3 is 0 Å². The molecule has 0 unspecified atom stereocenters. The molecule has 2 rings (SSSR count). The second-order valence-corrected chi connectivity index (χ2v) is 4.38. The van der Waals surface area contributed by atoms with Gasteiger partial charge in [-0.1, -0.05) is 30.3 Å². The van der Waals surface area contributed by atoms with Crippen LogP contribution in [0.1, 0.15) is 5.56 Å². The number of ether oxygens (including phenoxy) is 1. The number of rotatable bonds is 4. The van der Waals surface area contributed by atoms with Crippen molar-refractivity contribution in [1.82, 2.24) is 5.43 Å². The molecule has 0 aliphatic rings. The first-order valence-electron chi connectivity index (χ1n) is 6.07. The summed E-state index contributed by atoms with van der Waals surface area (Å²) >= 11 is 5.14. The Morgan fingerprint density at radius 3 is 2.70 bits per heavy atom. The van der Waals surface area contributed by atoms with Crippen LogP contribution in [0, 0.1) is 0 Å². The molecule has 4 nitrogen and oxygen atoms in total. The van der Waals surface area contributed by atoms with Crippen LogP contribution in [-0.4, -0.2) is 18.4 Å². The molecule has 0 heterocycles. The molecule has 2 aromatic carbocycles. The average Bonchev–Trinajstić information content (AvgIpc) is 2.48. The van der Waals surface area contributed by atoms with Crippen LogP contribution in [0.2, 0.25) is 0 Å². The van der Waals surface area contributed by atoms with Crippen molar-refractivity contribution in [2.24, 2.45) is 5.10 Å². The van der Waals surface area contributed by atoms with Crippen LogP contribution in [0.5, 0.6) is 5.75 Å². The summed E-state index contributed by atoms with van der Waals surface area (Å²) in [7, 11) is 1.63. The lowest BCUT2D eigenvalue weighted by Gasteiger charge is -2.06. The van der Waals surface area contributed by atoms with Crippen molar-refractivity contribution in [3.8, 4) is 5.75 Å². The van der Waals surface area contributed by atoms with Gasteiger partial charge in [-0.15, -0.1) is 0 Å². The number of nitrogens with zero attached hydrogens (tertiary/aromatic N) is 1. The van der Waals surface area contributed by atoms with E-state index in [1.807, 2.05) is 54.6 Å². The summed E-state index contributed by atoms with van der Waals surface area (Å²) in [6, 6.07) is 17.3. The third-order valence-electron chi connectivity index (χ3n) is 2.51. The van der Waals surface area contributed by atoms with Crippen molar-refractivity contribution in [3.63, 3.8) is 0 Å². The van der Waals surface area contributed by atoms with Crippen LogP contribution in [0.15, 0.2) is 59.7 Å². The Kier molecular flexibility index (Phi) is 5.08. The van der Waals surface area contributed by atoms with Gasteiger partial charge in [0, 0.05) is 5.69 Å². The maximum atomic E-state index is 5.14. The quantitative estimate of drug-likeness (QED) is 0.515. The second kappa shape index (κ2) is 7.25. The first-order chi connectivity index (χ1) is 9.78. The number of nitrogens with one attached hydrogen (secondary N) is 2. The lowest BCUT2D eigenvalue weighted by molar-refractivity contribution is 0.415. The van der Waals surface area contributed by atoms with Crippen molar-refractivity contribution < 1.29 is 4.74 Å². The molecule has 102 valence electrons. The average molecular weight is 285 g/mol. The van der Waals surface area contributed by atoms with E-state index < -0.39 is 0 Å². The SMILES string of the molecule is COc1cccc(C=NNC(=S)Nc2ccccc2)c1. The highest BCUT2D eigenvalue weighted by molar-refractivity contribution is 7.80. The van der Waals surface area contributed by atoms with Gasteiger partial charge in [0.15, 0.2) is 5.11 Å².